The molecule has 1 rings (SSSR count). The fraction of sp³-hybridized carbons (Fsp3) is 0.538. The minimum atomic E-state index is -1.08. The lowest BCUT2D eigenvalue weighted by Gasteiger charge is -2.14. The number of carboxylic acids is 1. The second-order valence-electron chi connectivity index (χ2n) is 4.66. The van der Waals surface area contributed by atoms with Crippen LogP contribution in [0.2, 0.25) is 0 Å². The van der Waals surface area contributed by atoms with Crippen LogP contribution in [0.25, 0.3) is 0 Å². The third-order valence-corrected chi connectivity index (χ3v) is 3.27. The summed E-state index contributed by atoms with van der Waals surface area (Å²) in [6.07, 6.45) is 0. The molecular formula is C13H20N2O4S. The van der Waals surface area contributed by atoms with Gasteiger partial charge in [-0.2, -0.15) is 0 Å². The van der Waals surface area contributed by atoms with Gasteiger partial charge in [-0.15, -0.1) is 11.3 Å². The van der Waals surface area contributed by atoms with Gasteiger partial charge in [0.1, 0.15) is 0 Å². The maximum atomic E-state index is 11.6. The Balaban J connectivity index is 2.31. The number of carbonyl (C=O) groups excluding carboxylic acids is 1. The number of hydrogen-bond donors (Lipinski definition) is 3. The number of carbonyl (C=O) groups is 2. The van der Waals surface area contributed by atoms with Crippen molar-refractivity contribution in [3.63, 3.8) is 0 Å². The van der Waals surface area contributed by atoms with Gasteiger partial charge >= 0.3 is 12.0 Å². The van der Waals surface area contributed by atoms with Gasteiger partial charge in [0, 0.05) is 18.0 Å². The Bertz CT molecular complexity index is 420. The Morgan fingerprint density at radius 1 is 1.45 bits per heavy atom. The number of thiophene rings is 1. The highest BCUT2D eigenvalue weighted by atomic mass is 32.1. The minimum Gasteiger partial charge on any atom is -0.479 e. The van der Waals surface area contributed by atoms with Crippen molar-refractivity contribution in [1.82, 2.24) is 10.6 Å². The molecular weight excluding hydrogens is 280 g/mol. The maximum Gasteiger partial charge on any atom is 0.331 e. The fourth-order valence-corrected chi connectivity index (χ4v) is 2.22. The van der Waals surface area contributed by atoms with Crippen molar-refractivity contribution >= 4 is 23.3 Å². The normalized spacial score (nSPS) is 12.2. The summed E-state index contributed by atoms with van der Waals surface area (Å²) in [5.41, 5.74) is 0. The zero-order valence-corrected chi connectivity index (χ0v) is 12.4. The standard InChI is InChI=1S/C13H20N2O4S/c1-9(2)8-19-6-5-14-13(18)15-11(12(16)17)10-4-3-7-20-10/h3-4,7,9,11H,5-6,8H2,1-2H3,(H,16,17)(H2,14,15,18). The first-order chi connectivity index (χ1) is 9.50. The van der Waals surface area contributed by atoms with Gasteiger partial charge in [0.25, 0.3) is 0 Å². The van der Waals surface area contributed by atoms with Crippen LogP contribution in [0.4, 0.5) is 4.79 Å². The highest BCUT2D eigenvalue weighted by molar-refractivity contribution is 7.10. The molecule has 0 aromatic carbocycles. The van der Waals surface area contributed by atoms with Crippen molar-refractivity contribution < 1.29 is 19.4 Å². The molecule has 1 aromatic heterocycles. The van der Waals surface area contributed by atoms with Crippen LogP contribution in [0.5, 0.6) is 0 Å². The lowest BCUT2D eigenvalue weighted by Crippen LogP contribution is -2.41. The SMILES string of the molecule is CC(C)COCCNC(=O)NC(C(=O)O)c1cccs1. The molecule has 1 unspecified atom stereocenters. The molecule has 0 fully saturated rings. The first-order valence-electron chi connectivity index (χ1n) is 6.39. The first kappa shape index (κ1) is 16.5. The summed E-state index contributed by atoms with van der Waals surface area (Å²) in [5, 5.41) is 15.9. The van der Waals surface area contributed by atoms with Gasteiger partial charge in [-0.05, 0) is 17.4 Å². The predicted molar refractivity (Wildman–Crippen MR) is 76.9 cm³/mol. The Kier molecular flexibility index (Phi) is 7.03. The molecule has 20 heavy (non-hydrogen) atoms. The van der Waals surface area contributed by atoms with E-state index in [1.54, 1.807) is 17.5 Å². The van der Waals surface area contributed by atoms with Crippen LogP contribution in [0, 0.1) is 5.92 Å². The molecule has 0 aliphatic heterocycles. The Hall–Kier alpha value is -1.60. The van der Waals surface area contributed by atoms with E-state index in [0.29, 0.717) is 30.6 Å². The summed E-state index contributed by atoms with van der Waals surface area (Å²) in [7, 11) is 0. The van der Waals surface area contributed by atoms with E-state index in [0.717, 1.165) is 0 Å². The van der Waals surface area contributed by atoms with Crippen LogP contribution < -0.4 is 10.6 Å². The number of urea groups is 1. The van der Waals surface area contributed by atoms with E-state index in [4.69, 9.17) is 9.84 Å². The third-order valence-electron chi connectivity index (χ3n) is 2.33. The molecule has 0 radical (unpaired) electrons. The molecule has 0 saturated heterocycles. The summed E-state index contributed by atoms with van der Waals surface area (Å²) < 4.78 is 5.31. The second-order valence-corrected chi connectivity index (χ2v) is 5.63. The average Bonchev–Trinajstić information content (AvgIpc) is 2.88. The zero-order chi connectivity index (χ0) is 15.0. The van der Waals surface area contributed by atoms with Gasteiger partial charge in [-0.25, -0.2) is 9.59 Å². The largest absolute Gasteiger partial charge is 0.479 e. The van der Waals surface area contributed by atoms with Crippen LogP contribution in [0.1, 0.15) is 24.8 Å². The third kappa shape index (κ3) is 6.03. The topological polar surface area (TPSA) is 87.7 Å². The van der Waals surface area contributed by atoms with E-state index in [9.17, 15) is 9.59 Å². The lowest BCUT2D eigenvalue weighted by atomic mass is 10.2. The van der Waals surface area contributed by atoms with E-state index in [-0.39, 0.29) is 0 Å². The number of nitrogens with one attached hydrogen (secondary N) is 2. The van der Waals surface area contributed by atoms with Gasteiger partial charge in [-0.3, -0.25) is 0 Å². The first-order valence-corrected chi connectivity index (χ1v) is 7.27. The highest BCUT2D eigenvalue weighted by Crippen LogP contribution is 2.18. The molecule has 3 N–H and O–H groups in total. The molecule has 2 amide bonds. The van der Waals surface area contributed by atoms with Crippen molar-refractivity contribution in [2.75, 3.05) is 19.8 Å². The molecule has 1 atom stereocenters. The molecule has 6 nitrogen and oxygen atoms in total. The fourth-order valence-electron chi connectivity index (χ4n) is 1.45. The van der Waals surface area contributed by atoms with Crippen LogP contribution in [-0.2, 0) is 9.53 Å². The van der Waals surface area contributed by atoms with Gasteiger partial charge in [0.2, 0.25) is 0 Å². The molecule has 0 aliphatic rings. The Morgan fingerprint density at radius 2 is 2.20 bits per heavy atom. The molecule has 1 aromatic rings. The number of hydrogen-bond acceptors (Lipinski definition) is 4. The monoisotopic (exact) mass is 300 g/mol. The zero-order valence-electron chi connectivity index (χ0n) is 11.6. The summed E-state index contributed by atoms with van der Waals surface area (Å²) in [5.74, 6) is -0.641. The number of rotatable bonds is 8. The van der Waals surface area contributed by atoms with E-state index in [2.05, 4.69) is 10.6 Å². The van der Waals surface area contributed by atoms with E-state index < -0.39 is 18.0 Å². The van der Waals surface area contributed by atoms with Crippen LogP contribution >= 0.6 is 11.3 Å². The van der Waals surface area contributed by atoms with Gasteiger partial charge in [0.05, 0.1) is 6.61 Å². The smallest absolute Gasteiger partial charge is 0.331 e. The molecule has 0 spiro atoms. The van der Waals surface area contributed by atoms with Gasteiger partial charge in [-0.1, -0.05) is 19.9 Å². The second kappa shape index (κ2) is 8.55. The Morgan fingerprint density at radius 3 is 2.75 bits per heavy atom. The van der Waals surface area contributed by atoms with E-state index >= 15 is 0 Å². The maximum absolute atomic E-state index is 11.6. The molecule has 7 heteroatoms. The summed E-state index contributed by atoms with van der Waals surface area (Å²) in [4.78, 5) is 23.3. The summed E-state index contributed by atoms with van der Waals surface area (Å²) in [6.45, 7) is 5.46. The molecule has 0 saturated carbocycles. The highest BCUT2D eigenvalue weighted by Gasteiger charge is 2.22. The summed E-state index contributed by atoms with van der Waals surface area (Å²) in [6, 6.07) is 1.88. The van der Waals surface area contributed by atoms with E-state index in [1.807, 2.05) is 13.8 Å². The van der Waals surface area contributed by atoms with Crippen molar-refractivity contribution in [2.24, 2.45) is 5.92 Å². The number of carboxylic acid groups (broad SMARTS) is 1. The molecule has 112 valence electrons. The van der Waals surface area contributed by atoms with Crippen molar-refractivity contribution in [3.05, 3.63) is 22.4 Å². The van der Waals surface area contributed by atoms with Crippen molar-refractivity contribution in [1.29, 1.82) is 0 Å². The van der Waals surface area contributed by atoms with Gasteiger partial charge < -0.3 is 20.5 Å². The molecule has 0 aliphatic carbocycles. The van der Waals surface area contributed by atoms with Crippen LogP contribution in [0.15, 0.2) is 17.5 Å². The van der Waals surface area contributed by atoms with Crippen LogP contribution in [0.3, 0.4) is 0 Å². The number of amides is 2. The summed E-state index contributed by atoms with van der Waals surface area (Å²) >= 11 is 1.29. The van der Waals surface area contributed by atoms with E-state index in [1.165, 1.54) is 11.3 Å². The Labute approximate surface area is 122 Å². The quantitative estimate of drug-likeness (QED) is 0.639. The van der Waals surface area contributed by atoms with Gasteiger partial charge in [0.15, 0.2) is 6.04 Å². The average molecular weight is 300 g/mol. The molecule has 1 heterocycles. The van der Waals surface area contributed by atoms with Crippen molar-refractivity contribution in [3.8, 4) is 0 Å². The number of ether oxygens (including phenoxy) is 1. The lowest BCUT2D eigenvalue weighted by molar-refractivity contribution is -0.139. The minimum absolute atomic E-state index is 0.343. The number of aliphatic carboxylic acids is 1. The van der Waals surface area contributed by atoms with Crippen molar-refractivity contribution in [2.45, 2.75) is 19.9 Å². The molecule has 0 bridgehead atoms. The predicted octanol–water partition coefficient (Wildman–Crippen LogP) is 1.85. The van der Waals surface area contributed by atoms with Crippen LogP contribution in [-0.4, -0.2) is 36.9 Å².